The molecule has 0 aliphatic rings. The molecule has 20 heavy (non-hydrogen) atoms. The highest BCUT2D eigenvalue weighted by Gasteiger charge is 2.36. The van der Waals surface area contributed by atoms with E-state index in [-0.39, 0.29) is 5.41 Å². The van der Waals surface area contributed by atoms with Crippen LogP contribution in [0.5, 0.6) is 0 Å². The molecule has 0 amide bonds. The van der Waals surface area contributed by atoms with Gasteiger partial charge in [0.25, 0.3) is 0 Å². The second kappa shape index (κ2) is 5.87. The minimum absolute atomic E-state index is 0.0553. The Hall–Kier alpha value is -0.860. The normalized spacial score (nSPS) is 15.2. The van der Waals surface area contributed by atoms with E-state index in [1.54, 1.807) is 0 Å². The zero-order chi connectivity index (χ0) is 15.7. The van der Waals surface area contributed by atoms with E-state index in [0.29, 0.717) is 23.3 Å². The Bertz CT molecular complexity index is 427. The molecule has 1 aromatic rings. The Labute approximate surface area is 125 Å². The van der Waals surface area contributed by atoms with Gasteiger partial charge in [0.2, 0.25) is 0 Å². The molecular weight excluding hydrogens is 246 g/mol. The van der Waals surface area contributed by atoms with E-state index >= 15 is 0 Å². The lowest BCUT2D eigenvalue weighted by molar-refractivity contribution is 0.128. The quantitative estimate of drug-likeness (QED) is 0.745. The van der Waals surface area contributed by atoms with Gasteiger partial charge in [-0.3, -0.25) is 0 Å². The SMILES string of the molecule is CC(C)C(C)C(C)(C)CC(C)(C)c1cn(C(C)C)nn1. The maximum Gasteiger partial charge on any atom is 0.0883 e. The molecular formula is C17H33N3. The van der Waals surface area contributed by atoms with Gasteiger partial charge in [-0.1, -0.05) is 53.7 Å². The van der Waals surface area contributed by atoms with Crippen LogP contribution >= 0.6 is 0 Å². The van der Waals surface area contributed by atoms with Crippen LogP contribution in [0.15, 0.2) is 6.20 Å². The first-order valence-electron chi connectivity index (χ1n) is 7.89. The summed E-state index contributed by atoms with van der Waals surface area (Å²) >= 11 is 0. The average molecular weight is 279 g/mol. The molecule has 1 unspecified atom stereocenters. The van der Waals surface area contributed by atoms with Crippen molar-refractivity contribution in [2.75, 3.05) is 0 Å². The summed E-state index contributed by atoms with van der Waals surface area (Å²) in [4.78, 5) is 0. The molecule has 0 aliphatic heterocycles. The van der Waals surface area contributed by atoms with Gasteiger partial charge in [0.15, 0.2) is 0 Å². The zero-order valence-corrected chi connectivity index (χ0v) is 14.9. The van der Waals surface area contributed by atoms with Crippen molar-refractivity contribution in [1.82, 2.24) is 15.0 Å². The van der Waals surface area contributed by atoms with Crippen LogP contribution in [0.25, 0.3) is 0 Å². The van der Waals surface area contributed by atoms with Gasteiger partial charge in [0.1, 0.15) is 0 Å². The van der Waals surface area contributed by atoms with Crippen molar-refractivity contribution in [3.63, 3.8) is 0 Å². The molecule has 1 aromatic heterocycles. The van der Waals surface area contributed by atoms with Crippen molar-refractivity contribution in [3.8, 4) is 0 Å². The molecule has 0 saturated carbocycles. The van der Waals surface area contributed by atoms with Crippen LogP contribution in [-0.2, 0) is 5.41 Å². The lowest BCUT2D eigenvalue weighted by Crippen LogP contribution is -2.33. The zero-order valence-electron chi connectivity index (χ0n) is 14.9. The molecule has 0 bridgehead atoms. The number of nitrogens with zero attached hydrogens (tertiary/aromatic N) is 3. The van der Waals surface area contributed by atoms with Crippen LogP contribution in [0, 0.1) is 17.3 Å². The third-order valence-corrected chi connectivity index (χ3v) is 4.86. The van der Waals surface area contributed by atoms with Crippen LogP contribution < -0.4 is 0 Å². The van der Waals surface area contributed by atoms with Crippen molar-refractivity contribution in [2.45, 2.75) is 80.2 Å². The predicted octanol–water partition coefficient (Wildman–Crippen LogP) is 4.85. The van der Waals surface area contributed by atoms with Gasteiger partial charge < -0.3 is 0 Å². The maximum atomic E-state index is 4.41. The van der Waals surface area contributed by atoms with Gasteiger partial charge in [-0.25, -0.2) is 4.68 Å². The maximum absolute atomic E-state index is 4.41. The summed E-state index contributed by atoms with van der Waals surface area (Å²) in [6, 6.07) is 0.370. The van der Waals surface area contributed by atoms with Crippen molar-refractivity contribution >= 4 is 0 Å². The van der Waals surface area contributed by atoms with Gasteiger partial charge in [-0.15, -0.1) is 5.10 Å². The molecule has 0 aliphatic carbocycles. The topological polar surface area (TPSA) is 30.7 Å². The second-order valence-corrected chi connectivity index (χ2v) is 8.26. The minimum Gasteiger partial charge on any atom is -0.250 e. The van der Waals surface area contributed by atoms with E-state index in [1.807, 2.05) is 4.68 Å². The highest BCUT2D eigenvalue weighted by molar-refractivity contribution is 5.10. The lowest BCUT2D eigenvalue weighted by atomic mass is 9.65. The van der Waals surface area contributed by atoms with Crippen molar-refractivity contribution in [2.24, 2.45) is 17.3 Å². The van der Waals surface area contributed by atoms with E-state index < -0.39 is 0 Å². The minimum atomic E-state index is 0.0553. The Morgan fingerprint density at radius 1 is 1.05 bits per heavy atom. The summed E-state index contributed by atoms with van der Waals surface area (Å²) in [5.74, 6) is 1.38. The molecule has 0 saturated heterocycles. The number of hydrogen-bond acceptors (Lipinski definition) is 2. The van der Waals surface area contributed by atoms with Gasteiger partial charge in [-0.05, 0) is 37.5 Å². The fourth-order valence-corrected chi connectivity index (χ4v) is 3.13. The molecule has 1 rings (SSSR count). The molecule has 3 heteroatoms. The largest absolute Gasteiger partial charge is 0.250 e. The van der Waals surface area contributed by atoms with Crippen LogP contribution in [0.3, 0.4) is 0 Å². The molecule has 1 heterocycles. The fraction of sp³-hybridized carbons (Fsp3) is 0.882. The first kappa shape index (κ1) is 17.2. The number of rotatable bonds is 6. The van der Waals surface area contributed by atoms with Crippen molar-refractivity contribution in [1.29, 1.82) is 0 Å². The lowest BCUT2D eigenvalue weighted by Gasteiger charge is -2.40. The molecule has 116 valence electrons. The molecule has 0 radical (unpaired) electrons. The van der Waals surface area contributed by atoms with Gasteiger partial charge in [-0.2, -0.15) is 0 Å². The monoisotopic (exact) mass is 279 g/mol. The van der Waals surface area contributed by atoms with Crippen LogP contribution in [-0.4, -0.2) is 15.0 Å². The van der Waals surface area contributed by atoms with Gasteiger partial charge in [0.05, 0.1) is 5.69 Å². The average Bonchev–Trinajstić information content (AvgIpc) is 2.76. The standard InChI is InChI=1S/C17H33N3/c1-12(2)14(5)16(6,7)11-17(8,9)15-10-20(13(3)4)19-18-15/h10,12-14H,11H2,1-9H3. The Morgan fingerprint density at radius 2 is 1.60 bits per heavy atom. The molecule has 0 fully saturated rings. The molecule has 3 nitrogen and oxygen atoms in total. The molecule has 0 N–H and O–H groups in total. The predicted molar refractivity (Wildman–Crippen MR) is 85.8 cm³/mol. The Balaban J connectivity index is 2.93. The third-order valence-electron chi connectivity index (χ3n) is 4.86. The first-order valence-corrected chi connectivity index (χ1v) is 7.89. The highest BCUT2D eigenvalue weighted by Crippen LogP contribution is 2.42. The highest BCUT2D eigenvalue weighted by atomic mass is 15.4. The van der Waals surface area contributed by atoms with Gasteiger partial charge in [0, 0.05) is 17.7 Å². The van der Waals surface area contributed by atoms with Crippen LogP contribution in [0.1, 0.15) is 80.5 Å². The summed E-state index contributed by atoms with van der Waals surface area (Å²) < 4.78 is 1.95. The second-order valence-electron chi connectivity index (χ2n) is 8.26. The smallest absolute Gasteiger partial charge is 0.0883 e. The third kappa shape index (κ3) is 3.83. The summed E-state index contributed by atoms with van der Waals surface area (Å²) in [5.41, 5.74) is 1.45. The number of hydrogen-bond donors (Lipinski definition) is 0. The molecule has 0 spiro atoms. The van der Waals surface area contributed by atoms with Crippen LogP contribution in [0.4, 0.5) is 0 Å². The van der Waals surface area contributed by atoms with E-state index in [1.165, 1.54) is 0 Å². The van der Waals surface area contributed by atoms with Gasteiger partial charge >= 0.3 is 0 Å². The number of aromatic nitrogens is 3. The fourth-order valence-electron chi connectivity index (χ4n) is 3.13. The van der Waals surface area contributed by atoms with Crippen molar-refractivity contribution in [3.05, 3.63) is 11.9 Å². The summed E-state index contributed by atoms with van der Waals surface area (Å²) in [7, 11) is 0. The van der Waals surface area contributed by atoms with Crippen LogP contribution in [0.2, 0.25) is 0 Å². The summed E-state index contributed by atoms with van der Waals surface area (Å²) in [5, 5.41) is 8.67. The van der Waals surface area contributed by atoms with Crippen molar-refractivity contribution < 1.29 is 0 Å². The Kier molecular flexibility index (Phi) is 5.04. The van der Waals surface area contributed by atoms with E-state index in [4.69, 9.17) is 0 Å². The first-order chi connectivity index (χ1) is 8.97. The molecule has 0 aromatic carbocycles. The van der Waals surface area contributed by atoms with E-state index in [9.17, 15) is 0 Å². The van der Waals surface area contributed by atoms with E-state index in [0.717, 1.165) is 12.1 Å². The van der Waals surface area contributed by atoms with E-state index in [2.05, 4.69) is 78.8 Å². The summed E-state index contributed by atoms with van der Waals surface area (Å²) in [6.07, 6.45) is 3.23. The summed E-state index contributed by atoms with van der Waals surface area (Å²) in [6.45, 7) is 20.6. The Morgan fingerprint density at radius 3 is 2.00 bits per heavy atom. The molecule has 1 atom stereocenters.